The van der Waals surface area contributed by atoms with E-state index in [2.05, 4.69) is 17.2 Å². The molecule has 19 heavy (non-hydrogen) atoms. The summed E-state index contributed by atoms with van der Waals surface area (Å²) in [7, 11) is 0. The van der Waals surface area contributed by atoms with E-state index in [0.717, 1.165) is 5.01 Å². The molecule has 0 aliphatic heterocycles. The zero-order valence-electron chi connectivity index (χ0n) is 11.7. The predicted molar refractivity (Wildman–Crippen MR) is 78.2 cm³/mol. The van der Waals surface area contributed by atoms with Gasteiger partial charge in [-0.3, -0.25) is 4.79 Å². The first-order valence-electron chi connectivity index (χ1n) is 7.10. The van der Waals surface area contributed by atoms with Crippen molar-refractivity contribution < 1.29 is 4.79 Å². The minimum Gasteiger partial charge on any atom is -0.348 e. The summed E-state index contributed by atoms with van der Waals surface area (Å²) < 4.78 is 0. The van der Waals surface area contributed by atoms with Crippen LogP contribution in [0, 0.1) is 5.92 Å². The molecule has 1 aliphatic carbocycles. The van der Waals surface area contributed by atoms with Crippen molar-refractivity contribution >= 4 is 17.2 Å². The summed E-state index contributed by atoms with van der Waals surface area (Å²) in [5.74, 6) is 0.547. The van der Waals surface area contributed by atoms with E-state index >= 15 is 0 Å². The van der Waals surface area contributed by atoms with Gasteiger partial charge in [0.15, 0.2) is 0 Å². The first-order chi connectivity index (χ1) is 9.08. The van der Waals surface area contributed by atoms with Crippen LogP contribution in [0.4, 0.5) is 0 Å². The summed E-state index contributed by atoms with van der Waals surface area (Å²) in [6.07, 6.45) is 6.36. The highest BCUT2D eigenvalue weighted by Gasteiger charge is 2.22. The fraction of sp³-hybridized carbons (Fsp3) is 0.714. The van der Waals surface area contributed by atoms with Crippen LogP contribution < -0.4 is 11.1 Å². The maximum Gasteiger partial charge on any atom is 0.270 e. The topological polar surface area (TPSA) is 68.0 Å². The first kappa shape index (κ1) is 14.5. The third-order valence-corrected chi connectivity index (χ3v) is 4.91. The molecule has 3 N–H and O–H groups in total. The highest BCUT2D eigenvalue weighted by molar-refractivity contribution is 7.09. The van der Waals surface area contributed by atoms with Crippen LogP contribution in [0.3, 0.4) is 0 Å². The van der Waals surface area contributed by atoms with Crippen LogP contribution in [0.2, 0.25) is 0 Å². The number of carbonyl (C=O) groups excluding carboxylic acids is 1. The molecule has 1 unspecified atom stereocenters. The van der Waals surface area contributed by atoms with Gasteiger partial charge in [-0.15, -0.1) is 11.3 Å². The SMILES string of the molecule is CC(N)c1nc(C(=O)N[C@H](C)C2CCCCC2)cs1. The van der Waals surface area contributed by atoms with Crippen LogP contribution in [-0.4, -0.2) is 16.9 Å². The fourth-order valence-electron chi connectivity index (χ4n) is 2.63. The van der Waals surface area contributed by atoms with Crippen molar-refractivity contribution in [3.63, 3.8) is 0 Å². The molecule has 0 bridgehead atoms. The molecule has 1 saturated carbocycles. The third-order valence-electron chi connectivity index (χ3n) is 3.86. The van der Waals surface area contributed by atoms with Crippen LogP contribution in [0.5, 0.6) is 0 Å². The highest BCUT2D eigenvalue weighted by Crippen LogP contribution is 2.26. The summed E-state index contributed by atoms with van der Waals surface area (Å²) in [6, 6.07) is 0.121. The molecule has 1 heterocycles. The van der Waals surface area contributed by atoms with E-state index in [4.69, 9.17) is 5.73 Å². The Morgan fingerprint density at radius 3 is 2.68 bits per heavy atom. The van der Waals surface area contributed by atoms with Crippen molar-refractivity contribution in [3.8, 4) is 0 Å². The van der Waals surface area contributed by atoms with Gasteiger partial charge in [-0.1, -0.05) is 19.3 Å². The Hall–Kier alpha value is -0.940. The van der Waals surface area contributed by atoms with E-state index in [-0.39, 0.29) is 18.0 Å². The number of nitrogens with zero attached hydrogens (tertiary/aromatic N) is 1. The molecule has 1 aliphatic rings. The van der Waals surface area contributed by atoms with E-state index in [1.54, 1.807) is 5.38 Å². The Labute approximate surface area is 118 Å². The van der Waals surface area contributed by atoms with E-state index in [9.17, 15) is 4.79 Å². The van der Waals surface area contributed by atoms with E-state index in [1.807, 2.05) is 6.92 Å². The molecule has 106 valence electrons. The van der Waals surface area contributed by atoms with Crippen LogP contribution in [0.25, 0.3) is 0 Å². The maximum absolute atomic E-state index is 12.1. The molecule has 0 aromatic carbocycles. The normalized spacial score (nSPS) is 19.9. The average Bonchev–Trinajstić information content (AvgIpc) is 2.89. The highest BCUT2D eigenvalue weighted by atomic mass is 32.1. The van der Waals surface area contributed by atoms with E-state index in [1.165, 1.54) is 43.4 Å². The number of amides is 1. The van der Waals surface area contributed by atoms with E-state index in [0.29, 0.717) is 11.6 Å². The lowest BCUT2D eigenvalue weighted by atomic mass is 9.84. The van der Waals surface area contributed by atoms with Crippen molar-refractivity contribution in [1.29, 1.82) is 0 Å². The summed E-state index contributed by atoms with van der Waals surface area (Å²) >= 11 is 1.45. The monoisotopic (exact) mass is 281 g/mol. The number of carbonyl (C=O) groups is 1. The molecular formula is C14H23N3OS. The molecule has 1 aromatic heterocycles. The Bertz CT molecular complexity index is 424. The number of hydrogen-bond donors (Lipinski definition) is 2. The van der Waals surface area contributed by atoms with E-state index < -0.39 is 0 Å². The number of hydrogen-bond acceptors (Lipinski definition) is 4. The van der Waals surface area contributed by atoms with Crippen LogP contribution in [-0.2, 0) is 0 Å². The second-order valence-corrected chi connectivity index (χ2v) is 6.41. The molecule has 1 aromatic rings. The Kier molecular flexibility index (Phi) is 4.93. The summed E-state index contributed by atoms with van der Waals surface area (Å²) in [4.78, 5) is 16.4. The lowest BCUT2D eigenvalue weighted by molar-refractivity contribution is 0.0914. The lowest BCUT2D eigenvalue weighted by Gasteiger charge is -2.28. The van der Waals surface area contributed by atoms with Gasteiger partial charge in [0, 0.05) is 11.4 Å². The van der Waals surface area contributed by atoms with Gasteiger partial charge in [-0.05, 0) is 32.6 Å². The van der Waals surface area contributed by atoms with Crippen LogP contribution in [0.1, 0.15) is 67.5 Å². The number of nitrogens with two attached hydrogens (primary N) is 1. The van der Waals surface area contributed by atoms with Gasteiger partial charge in [0.1, 0.15) is 10.7 Å². The molecule has 5 heteroatoms. The lowest BCUT2D eigenvalue weighted by Crippen LogP contribution is -2.39. The predicted octanol–water partition coefficient (Wildman–Crippen LogP) is 2.86. The number of thiazole rings is 1. The zero-order valence-corrected chi connectivity index (χ0v) is 12.5. The number of rotatable bonds is 4. The number of aromatic nitrogens is 1. The van der Waals surface area contributed by atoms with Gasteiger partial charge in [0.05, 0.1) is 6.04 Å². The van der Waals surface area contributed by atoms with Gasteiger partial charge in [-0.25, -0.2) is 4.98 Å². The molecule has 1 fully saturated rings. The maximum atomic E-state index is 12.1. The first-order valence-corrected chi connectivity index (χ1v) is 7.97. The minimum absolute atomic E-state index is 0.0683. The molecule has 1 amide bonds. The molecule has 4 nitrogen and oxygen atoms in total. The molecule has 2 atom stereocenters. The van der Waals surface area contributed by atoms with Crippen molar-refractivity contribution in [2.24, 2.45) is 11.7 Å². The van der Waals surface area contributed by atoms with Crippen molar-refractivity contribution in [2.75, 3.05) is 0 Å². The second kappa shape index (κ2) is 6.48. The zero-order chi connectivity index (χ0) is 13.8. The van der Waals surface area contributed by atoms with Gasteiger partial charge in [0.2, 0.25) is 0 Å². The summed E-state index contributed by atoms with van der Waals surface area (Å²) in [5.41, 5.74) is 6.26. The average molecular weight is 281 g/mol. The van der Waals surface area contributed by atoms with Gasteiger partial charge in [0.25, 0.3) is 5.91 Å². The Morgan fingerprint density at radius 1 is 1.42 bits per heavy atom. The molecular weight excluding hydrogens is 258 g/mol. The van der Waals surface area contributed by atoms with Crippen molar-refractivity contribution in [1.82, 2.24) is 10.3 Å². The molecule has 0 saturated heterocycles. The molecule has 2 rings (SSSR count). The Morgan fingerprint density at radius 2 is 2.11 bits per heavy atom. The quantitative estimate of drug-likeness (QED) is 0.891. The van der Waals surface area contributed by atoms with Gasteiger partial charge < -0.3 is 11.1 Å². The summed E-state index contributed by atoms with van der Waals surface area (Å²) in [5, 5.41) is 5.69. The standard InChI is InChI=1S/C14H23N3OS/c1-9(15)14-17-12(8-19-14)13(18)16-10(2)11-6-4-3-5-7-11/h8-11H,3-7,15H2,1-2H3,(H,16,18)/t9?,10-/m1/s1. The smallest absolute Gasteiger partial charge is 0.270 e. The second-order valence-electron chi connectivity index (χ2n) is 5.52. The van der Waals surface area contributed by atoms with Crippen molar-refractivity contribution in [2.45, 2.75) is 58.0 Å². The summed E-state index contributed by atoms with van der Waals surface area (Å²) in [6.45, 7) is 3.98. The van der Waals surface area contributed by atoms with Gasteiger partial charge in [-0.2, -0.15) is 0 Å². The third kappa shape index (κ3) is 3.76. The molecule has 0 spiro atoms. The largest absolute Gasteiger partial charge is 0.348 e. The fourth-order valence-corrected chi connectivity index (χ4v) is 3.39. The van der Waals surface area contributed by atoms with Crippen LogP contribution in [0.15, 0.2) is 5.38 Å². The minimum atomic E-state index is -0.109. The van der Waals surface area contributed by atoms with Gasteiger partial charge >= 0.3 is 0 Å². The van der Waals surface area contributed by atoms with Crippen molar-refractivity contribution in [3.05, 3.63) is 16.1 Å². The number of nitrogens with one attached hydrogen (secondary N) is 1. The van der Waals surface area contributed by atoms with Crippen LogP contribution >= 0.6 is 11.3 Å². The Balaban J connectivity index is 1.91. The molecule has 0 radical (unpaired) electrons.